The lowest BCUT2D eigenvalue weighted by molar-refractivity contribution is -0.120. The second kappa shape index (κ2) is 8.89. The maximum Gasteiger partial charge on any atom is 0.282 e. The average Bonchev–Trinajstić information content (AvgIpc) is 3.01. The van der Waals surface area contributed by atoms with Gasteiger partial charge >= 0.3 is 0 Å². The van der Waals surface area contributed by atoms with Crippen LogP contribution in [0.1, 0.15) is 23.6 Å². The van der Waals surface area contributed by atoms with Crippen LogP contribution in [-0.2, 0) is 9.59 Å². The van der Waals surface area contributed by atoms with Gasteiger partial charge in [-0.2, -0.15) is 0 Å². The zero-order chi connectivity index (χ0) is 22.8. The highest BCUT2D eigenvalue weighted by molar-refractivity contribution is 6.46. The quantitative estimate of drug-likeness (QED) is 0.489. The first-order valence-corrected chi connectivity index (χ1v) is 10.7. The molecule has 0 fully saturated rings. The summed E-state index contributed by atoms with van der Waals surface area (Å²) in [6, 6.07) is 19.9. The van der Waals surface area contributed by atoms with Gasteiger partial charge < -0.3 is 10.1 Å². The Labute approximate surface area is 192 Å². The van der Waals surface area contributed by atoms with Gasteiger partial charge in [0.1, 0.15) is 11.4 Å². The summed E-state index contributed by atoms with van der Waals surface area (Å²) in [6.45, 7) is 6.23. The van der Waals surface area contributed by atoms with E-state index in [1.54, 1.807) is 42.5 Å². The van der Waals surface area contributed by atoms with Crippen LogP contribution in [0.2, 0.25) is 5.02 Å². The standard InChI is InChI=1S/C26H23ClN2O3/c1-4-32-20-13-11-18(12-14-20)23-24(28-22-10-6-9-21(27)17(22)3)26(31)29(25(23)30)19-8-5-7-16(2)15-19/h5-15,28H,4H2,1-3H3. The predicted octanol–water partition coefficient (Wildman–Crippen LogP) is 5.75. The van der Waals surface area contributed by atoms with Crippen molar-refractivity contribution >= 4 is 40.4 Å². The van der Waals surface area contributed by atoms with Gasteiger partial charge in [0, 0.05) is 10.7 Å². The number of anilines is 2. The minimum Gasteiger partial charge on any atom is -0.494 e. The fourth-order valence-corrected chi connectivity index (χ4v) is 3.85. The van der Waals surface area contributed by atoms with E-state index >= 15 is 0 Å². The molecule has 162 valence electrons. The van der Waals surface area contributed by atoms with Gasteiger partial charge in [0.05, 0.1) is 17.9 Å². The molecule has 3 aromatic carbocycles. The maximum atomic E-state index is 13.5. The summed E-state index contributed by atoms with van der Waals surface area (Å²) < 4.78 is 5.52. The smallest absolute Gasteiger partial charge is 0.282 e. The lowest BCUT2D eigenvalue weighted by Crippen LogP contribution is -2.32. The minimum absolute atomic E-state index is 0.214. The Bertz CT molecular complexity index is 1230. The fraction of sp³-hybridized carbons (Fsp3) is 0.154. The Morgan fingerprint density at radius 2 is 1.66 bits per heavy atom. The first kappa shape index (κ1) is 21.7. The van der Waals surface area contributed by atoms with Crippen LogP contribution in [0.5, 0.6) is 5.75 Å². The largest absolute Gasteiger partial charge is 0.494 e. The number of nitrogens with one attached hydrogen (secondary N) is 1. The summed E-state index contributed by atoms with van der Waals surface area (Å²) in [5.41, 5.74) is 4.10. The first-order valence-electron chi connectivity index (χ1n) is 10.4. The van der Waals surface area contributed by atoms with Crippen molar-refractivity contribution in [3.05, 3.63) is 94.1 Å². The number of imide groups is 1. The van der Waals surface area contributed by atoms with E-state index in [2.05, 4.69) is 5.32 Å². The Hall–Kier alpha value is -3.57. The molecule has 0 aliphatic carbocycles. The topological polar surface area (TPSA) is 58.6 Å². The third kappa shape index (κ3) is 3.99. The summed E-state index contributed by atoms with van der Waals surface area (Å²) in [6.07, 6.45) is 0. The number of amides is 2. The van der Waals surface area contributed by atoms with Crippen molar-refractivity contribution in [2.24, 2.45) is 0 Å². The summed E-state index contributed by atoms with van der Waals surface area (Å²) in [7, 11) is 0. The molecule has 0 radical (unpaired) electrons. The summed E-state index contributed by atoms with van der Waals surface area (Å²) in [5.74, 6) is -0.0971. The molecule has 5 nitrogen and oxygen atoms in total. The Balaban J connectivity index is 1.82. The van der Waals surface area contributed by atoms with Crippen molar-refractivity contribution in [1.82, 2.24) is 0 Å². The van der Waals surface area contributed by atoms with Gasteiger partial charge in [-0.1, -0.05) is 41.9 Å². The van der Waals surface area contributed by atoms with Gasteiger partial charge in [0.25, 0.3) is 11.8 Å². The predicted molar refractivity (Wildman–Crippen MR) is 128 cm³/mol. The monoisotopic (exact) mass is 446 g/mol. The molecule has 0 spiro atoms. The zero-order valence-electron chi connectivity index (χ0n) is 18.1. The minimum atomic E-state index is -0.413. The lowest BCUT2D eigenvalue weighted by atomic mass is 10.0. The average molecular weight is 447 g/mol. The number of ether oxygens (including phenoxy) is 1. The van der Waals surface area contributed by atoms with Gasteiger partial charge in [-0.15, -0.1) is 0 Å². The van der Waals surface area contributed by atoms with Crippen molar-refractivity contribution in [1.29, 1.82) is 0 Å². The van der Waals surface area contributed by atoms with Crippen LogP contribution in [0, 0.1) is 13.8 Å². The SMILES string of the molecule is CCOc1ccc(C2=C(Nc3cccc(Cl)c3C)C(=O)N(c3cccc(C)c3)C2=O)cc1. The Kier molecular flexibility index (Phi) is 6.01. The number of hydrogen-bond donors (Lipinski definition) is 1. The summed E-state index contributed by atoms with van der Waals surface area (Å²) in [4.78, 5) is 28.3. The highest BCUT2D eigenvalue weighted by Crippen LogP contribution is 2.35. The third-order valence-electron chi connectivity index (χ3n) is 5.33. The van der Waals surface area contributed by atoms with E-state index in [1.807, 2.05) is 45.0 Å². The molecule has 3 aromatic rings. The molecule has 0 saturated heterocycles. The molecule has 0 bridgehead atoms. The number of carbonyl (C=O) groups excluding carboxylic acids is 2. The van der Waals surface area contributed by atoms with Gasteiger partial charge in [0.2, 0.25) is 0 Å². The number of nitrogens with zero attached hydrogens (tertiary/aromatic N) is 1. The van der Waals surface area contributed by atoms with E-state index in [4.69, 9.17) is 16.3 Å². The highest BCUT2D eigenvalue weighted by Gasteiger charge is 2.40. The number of rotatable bonds is 6. The Morgan fingerprint density at radius 1 is 0.938 bits per heavy atom. The van der Waals surface area contributed by atoms with Crippen LogP contribution < -0.4 is 15.0 Å². The molecule has 4 rings (SSSR count). The Morgan fingerprint density at radius 3 is 2.34 bits per heavy atom. The van der Waals surface area contributed by atoms with Crippen molar-refractivity contribution < 1.29 is 14.3 Å². The van der Waals surface area contributed by atoms with E-state index in [0.717, 1.165) is 11.1 Å². The number of benzene rings is 3. The van der Waals surface area contributed by atoms with E-state index in [9.17, 15) is 9.59 Å². The van der Waals surface area contributed by atoms with Crippen LogP contribution in [0.3, 0.4) is 0 Å². The van der Waals surface area contributed by atoms with Gasteiger partial charge in [-0.3, -0.25) is 9.59 Å². The molecule has 0 saturated carbocycles. The molecule has 1 aliphatic rings. The molecule has 2 amide bonds. The maximum absolute atomic E-state index is 13.5. The first-order chi connectivity index (χ1) is 15.4. The van der Waals surface area contributed by atoms with E-state index in [-0.39, 0.29) is 11.6 Å². The van der Waals surface area contributed by atoms with Crippen molar-refractivity contribution in [2.75, 3.05) is 16.8 Å². The zero-order valence-corrected chi connectivity index (χ0v) is 18.9. The summed E-state index contributed by atoms with van der Waals surface area (Å²) in [5, 5.41) is 3.76. The van der Waals surface area contributed by atoms with Gasteiger partial charge in [0.15, 0.2) is 0 Å². The lowest BCUT2D eigenvalue weighted by Gasteiger charge is -2.16. The molecular formula is C26H23ClN2O3. The van der Waals surface area contributed by atoms with E-state index in [1.165, 1.54) is 4.90 Å². The second-order valence-electron chi connectivity index (χ2n) is 7.53. The van der Waals surface area contributed by atoms with Crippen LogP contribution in [0.4, 0.5) is 11.4 Å². The molecule has 1 N–H and O–H groups in total. The normalized spacial score (nSPS) is 13.7. The van der Waals surface area contributed by atoms with Crippen molar-refractivity contribution in [3.63, 3.8) is 0 Å². The molecule has 32 heavy (non-hydrogen) atoms. The van der Waals surface area contributed by atoms with Crippen molar-refractivity contribution in [2.45, 2.75) is 20.8 Å². The van der Waals surface area contributed by atoms with Crippen LogP contribution in [0.15, 0.2) is 72.4 Å². The van der Waals surface area contributed by atoms with Crippen molar-refractivity contribution in [3.8, 4) is 5.75 Å². The molecule has 1 aliphatic heterocycles. The number of halogens is 1. The number of aryl methyl sites for hydroxylation is 1. The molecule has 0 atom stereocenters. The second-order valence-corrected chi connectivity index (χ2v) is 7.94. The van der Waals surface area contributed by atoms with Crippen LogP contribution in [0.25, 0.3) is 5.57 Å². The molecule has 0 unspecified atom stereocenters. The third-order valence-corrected chi connectivity index (χ3v) is 5.73. The van der Waals surface area contributed by atoms with E-state index < -0.39 is 5.91 Å². The number of carbonyl (C=O) groups is 2. The summed E-state index contributed by atoms with van der Waals surface area (Å²) >= 11 is 6.27. The number of hydrogen-bond acceptors (Lipinski definition) is 4. The highest BCUT2D eigenvalue weighted by atomic mass is 35.5. The molecule has 0 aromatic heterocycles. The fourth-order valence-electron chi connectivity index (χ4n) is 3.68. The molecular weight excluding hydrogens is 424 g/mol. The molecule has 1 heterocycles. The van der Waals surface area contributed by atoms with Gasteiger partial charge in [-0.05, 0) is 73.9 Å². The van der Waals surface area contributed by atoms with E-state index in [0.29, 0.717) is 39.9 Å². The molecule has 6 heteroatoms. The van der Waals surface area contributed by atoms with Crippen LogP contribution in [-0.4, -0.2) is 18.4 Å². The van der Waals surface area contributed by atoms with Crippen LogP contribution >= 0.6 is 11.6 Å². The van der Waals surface area contributed by atoms with Gasteiger partial charge in [-0.25, -0.2) is 4.90 Å².